The summed E-state index contributed by atoms with van der Waals surface area (Å²) in [6.45, 7) is 0.770. The topological polar surface area (TPSA) is 9.23 Å². The van der Waals surface area contributed by atoms with Crippen molar-refractivity contribution in [3.05, 3.63) is 35.9 Å². The molecular weight excluding hydrogens is 192 g/mol. The van der Waals surface area contributed by atoms with E-state index in [0.717, 1.165) is 11.9 Å². The summed E-state index contributed by atoms with van der Waals surface area (Å²) in [5.41, 5.74) is 1.28. The summed E-state index contributed by atoms with van der Waals surface area (Å²) in [5.74, 6) is 0. The van der Waals surface area contributed by atoms with E-state index in [1.807, 2.05) is 17.8 Å². The number of hydrogen-bond acceptors (Lipinski definition) is 2. The summed E-state index contributed by atoms with van der Waals surface area (Å²) in [4.78, 5) is 0. The van der Waals surface area contributed by atoms with Gasteiger partial charge in [0.2, 0.25) is 0 Å². The first-order chi connectivity index (χ1) is 6.88. The molecule has 76 valence electrons. The van der Waals surface area contributed by atoms with Crippen LogP contribution in [-0.2, 0) is 11.3 Å². The fourth-order valence-electron chi connectivity index (χ4n) is 1.63. The van der Waals surface area contributed by atoms with Crippen LogP contribution in [-0.4, -0.2) is 17.6 Å². The molecule has 0 bridgehead atoms. The Kier molecular flexibility index (Phi) is 3.49. The highest BCUT2D eigenvalue weighted by molar-refractivity contribution is 7.99. The molecule has 0 aromatic heterocycles. The van der Waals surface area contributed by atoms with E-state index in [-0.39, 0.29) is 0 Å². The van der Waals surface area contributed by atoms with E-state index in [9.17, 15) is 0 Å². The van der Waals surface area contributed by atoms with Crippen molar-refractivity contribution in [3.63, 3.8) is 0 Å². The molecule has 1 aromatic carbocycles. The van der Waals surface area contributed by atoms with Crippen LogP contribution in [0.1, 0.15) is 18.4 Å². The molecule has 2 heteroatoms. The molecule has 14 heavy (non-hydrogen) atoms. The fourth-order valence-corrected chi connectivity index (χ4v) is 2.45. The van der Waals surface area contributed by atoms with Gasteiger partial charge >= 0.3 is 0 Å². The van der Waals surface area contributed by atoms with Gasteiger partial charge in [0.1, 0.15) is 0 Å². The summed E-state index contributed by atoms with van der Waals surface area (Å²) in [6, 6.07) is 10.4. The zero-order valence-corrected chi connectivity index (χ0v) is 9.30. The van der Waals surface area contributed by atoms with E-state index in [1.54, 1.807) is 0 Å². The van der Waals surface area contributed by atoms with E-state index >= 15 is 0 Å². The minimum Gasteiger partial charge on any atom is -0.373 e. The van der Waals surface area contributed by atoms with Crippen molar-refractivity contribution < 1.29 is 4.74 Å². The maximum atomic E-state index is 5.78. The zero-order chi connectivity index (χ0) is 9.80. The maximum absolute atomic E-state index is 5.78. The van der Waals surface area contributed by atoms with Crippen LogP contribution in [0.5, 0.6) is 0 Å². The van der Waals surface area contributed by atoms with Gasteiger partial charge in [-0.3, -0.25) is 0 Å². The second-order valence-electron chi connectivity index (χ2n) is 3.75. The maximum Gasteiger partial charge on any atom is 0.0720 e. The van der Waals surface area contributed by atoms with Crippen LogP contribution in [0.15, 0.2) is 30.3 Å². The van der Waals surface area contributed by atoms with Crippen molar-refractivity contribution in [2.24, 2.45) is 0 Å². The van der Waals surface area contributed by atoms with Gasteiger partial charge in [0.25, 0.3) is 0 Å². The molecule has 1 aliphatic rings. The van der Waals surface area contributed by atoms with Gasteiger partial charge in [0.05, 0.1) is 12.7 Å². The Morgan fingerprint density at radius 2 is 2.00 bits per heavy atom. The quantitative estimate of drug-likeness (QED) is 0.752. The van der Waals surface area contributed by atoms with E-state index in [1.165, 1.54) is 18.4 Å². The van der Waals surface area contributed by atoms with E-state index in [0.29, 0.717) is 6.10 Å². The zero-order valence-electron chi connectivity index (χ0n) is 8.48. The highest BCUT2D eigenvalue weighted by atomic mass is 32.2. The Labute approximate surface area is 89.9 Å². The lowest BCUT2D eigenvalue weighted by Gasteiger charge is -2.33. The fraction of sp³-hybridized carbons (Fsp3) is 0.500. The lowest BCUT2D eigenvalue weighted by atomic mass is 9.95. The minimum atomic E-state index is 0.507. The highest BCUT2D eigenvalue weighted by Crippen LogP contribution is 2.32. The third-order valence-corrected chi connectivity index (χ3v) is 3.76. The summed E-state index contributed by atoms with van der Waals surface area (Å²) in [6.07, 6.45) is 5.15. The Morgan fingerprint density at radius 3 is 2.64 bits per heavy atom. The Hall–Kier alpha value is -0.470. The van der Waals surface area contributed by atoms with Crippen LogP contribution in [0, 0.1) is 0 Å². The molecule has 1 nitrogen and oxygen atoms in total. The average molecular weight is 208 g/mol. The summed E-state index contributed by atoms with van der Waals surface area (Å²) < 4.78 is 5.78. The van der Waals surface area contributed by atoms with Crippen molar-refractivity contribution in [3.8, 4) is 0 Å². The monoisotopic (exact) mass is 208 g/mol. The Bertz CT molecular complexity index is 267. The third kappa shape index (κ3) is 2.52. The number of ether oxygens (including phenoxy) is 1. The number of hydrogen-bond donors (Lipinski definition) is 0. The number of rotatable bonds is 4. The van der Waals surface area contributed by atoms with Gasteiger partial charge in [-0.15, -0.1) is 0 Å². The van der Waals surface area contributed by atoms with E-state index < -0.39 is 0 Å². The third-order valence-electron chi connectivity index (χ3n) is 2.71. The van der Waals surface area contributed by atoms with Crippen LogP contribution >= 0.6 is 11.8 Å². The van der Waals surface area contributed by atoms with Crippen LogP contribution in [0.2, 0.25) is 0 Å². The molecule has 2 rings (SSSR count). The Balaban J connectivity index is 1.69. The lowest BCUT2D eigenvalue weighted by molar-refractivity contribution is -0.00493. The van der Waals surface area contributed by atoms with Crippen molar-refractivity contribution in [2.75, 3.05) is 6.26 Å². The highest BCUT2D eigenvalue weighted by Gasteiger charge is 2.28. The number of benzene rings is 1. The smallest absolute Gasteiger partial charge is 0.0720 e. The van der Waals surface area contributed by atoms with Gasteiger partial charge in [0, 0.05) is 5.25 Å². The average Bonchev–Trinajstić information content (AvgIpc) is 2.17. The van der Waals surface area contributed by atoms with Gasteiger partial charge in [-0.2, -0.15) is 11.8 Å². The summed E-state index contributed by atoms with van der Waals surface area (Å²) >= 11 is 1.96. The molecule has 0 aliphatic heterocycles. The molecule has 0 N–H and O–H groups in total. The molecule has 0 radical (unpaired) electrons. The molecule has 0 spiro atoms. The van der Waals surface area contributed by atoms with Gasteiger partial charge in [0.15, 0.2) is 0 Å². The van der Waals surface area contributed by atoms with Crippen molar-refractivity contribution in [2.45, 2.75) is 30.8 Å². The first-order valence-electron chi connectivity index (χ1n) is 5.07. The molecule has 0 saturated heterocycles. The van der Waals surface area contributed by atoms with Gasteiger partial charge in [-0.1, -0.05) is 30.3 Å². The predicted molar refractivity (Wildman–Crippen MR) is 61.6 cm³/mol. The van der Waals surface area contributed by atoms with E-state index in [4.69, 9.17) is 4.74 Å². The van der Waals surface area contributed by atoms with Crippen LogP contribution in [0.25, 0.3) is 0 Å². The minimum absolute atomic E-state index is 0.507. The summed E-state index contributed by atoms with van der Waals surface area (Å²) in [7, 11) is 0. The standard InChI is InChI=1S/C12H16OS/c1-14-12-7-11(8-12)13-9-10-5-3-2-4-6-10/h2-6,11-12H,7-9H2,1H3. The van der Waals surface area contributed by atoms with Crippen molar-refractivity contribution >= 4 is 11.8 Å². The molecule has 0 amide bonds. The second-order valence-corrected chi connectivity index (χ2v) is 4.89. The SMILES string of the molecule is CSC1CC(OCc2ccccc2)C1. The molecule has 1 aliphatic carbocycles. The first kappa shape index (κ1) is 10.1. The Morgan fingerprint density at radius 1 is 1.29 bits per heavy atom. The van der Waals surface area contributed by atoms with Crippen molar-refractivity contribution in [1.82, 2.24) is 0 Å². The summed E-state index contributed by atoms with van der Waals surface area (Å²) in [5, 5.41) is 0.843. The van der Waals surface area contributed by atoms with Crippen LogP contribution < -0.4 is 0 Å². The molecule has 1 saturated carbocycles. The lowest BCUT2D eigenvalue weighted by Crippen LogP contribution is -2.33. The van der Waals surface area contributed by atoms with Crippen LogP contribution in [0.4, 0.5) is 0 Å². The number of thioether (sulfide) groups is 1. The van der Waals surface area contributed by atoms with Gasteiger partial charge in [-0.25, -0.2) is 0 Å². The largest absolute Gasteiger partial charge is 0.373 e. The van der Waals surface area contributed by atoms with E-state index in [2.05, 4.69) is 30.5 Å². The predicted octanol–water partition coefficient (Wildman–Crippen LogP) is 3.10. The molecule has 0 heterocycles. The van der Waals surface area contributed by atoms with Crippen LogP contribution in [0.3, 0.4) is 0 Å². The normalized spacial score (nSPS) is 25.8. The van der Waals surface area contributed by atoms with Gasteiger partial charge < -0.3 is 4.74 Å². The second kappa shape index (κ2) is 4.85. The van der Waals surface area contributed by atoms with Crippen molar-refractivity contribution in [1.29, 1.82) is 0 Å². The molecule has 1 aromatic rings. The first-order valence-corrected chi connectivity index (χ1v) is 6.35. The molecule has 0 unspecified atom stereocenters. The molecular formula is C12H16OS. The molecule has 1 fully saturated rings. The molecule has 0 atom stereocenters. The van der Waals surface area contributed by atoms with Gasteiger partial charge in [-0.05, 0) is 24.7 Å².